The van der Waals surface area contributed by atoms with Gasteiger partial charge in [-0.1, -0.05) is 13.8 Å². The first-order valence-corrected chi connectivity index (χ1v) is 11.7. The molecule has 0 atom stereocenters. The van der Waals surface area contributed by atoms with Crippen LogP contribution in [0.4, 0.5) is 0 Å². The Balaban J connectivity index is 1.52. The maximum absolute atomic E-state index is 12.5. The van der Waals surface area contributed by atoms with E-state index >= 15 is 0 Å². The molecular weight excluding hydrogens is 380 g/mol. The van der Waals surface area contributed by atoms with Crippen molar-refractivity contribution < 1.29 is 4.79 Å². The van der Waals surface area contributed by atoms with Gasteiger partial charge in [0.25, 0.3) is 5.56 Å². The van der Waals surface area contributed by atoms with E-state index in [0.717, 1.165) is 49.1 Å². The molecule has 1 amide bonds. The predicted octanol–water partition coefficient (Wildman–Crippen LogP) is 2.55. The number of aromatic amines is 1. The molecule has 6 nitrogen and oxygen atoms in total. The van der Waals surface area contributed by atoms with E-state index in [0.29, 0.717) is 23.9 Å². The van der Waals surface area contributed by atoms with Crippen molar-refractivity contribution in [2.24, 2.45) is 0 Å². The average Bonchev–Trinajstić information content (AvgIpc) is 3.04. The van der Waals surface area contributed by atoms with E-state index in [-0.39, 0.29) is 11.5 Å². The van der Waals surface area contributed by atoms with Crippen LogP contribution >= 0.6 is 23.1 Å². The van der Waals surface area contributed by atoms with Crippen LogP contribution in [-0.4, -0.2) is 52.7 Å². The van der Waals surface area contributed by atoms with Crippen LogP contribution in [0.5, 0.6) is 0 Å². The maximum atomic E-state index is 12.5. The standard InChI is InChI=1S/C19H28N4O2S2/c1-3-23(4-2)10-9-20-16(24)12-26-11-15-21-18(25)17-13-7-5-6-8-14(13)27-19(17)22-15/h3-12H2,1-2H3,(H,20,24)(H,21,22,25). The van der Waals surface area contributed by atoms with Crippen molar-refractivity contribution in [3.05, 3.63) is 26.6 Å². The fourth-order valence-corrected chi connectivity index (χ4v) is 5.46. The molecule has 0 radical (unpaired) electrons. The normalized spacial score (nSPS) is 13.9. The monoisotopic (exact) mass is 408 g/mol. The Morgan fingerprint density at radius 2 is 2.07 bits per heavy atom. The molecule has 27 heavy (non-hydrogen) atoms. The molecule has 0 saturated carbocycles. The Morgan fingerprint density at radius 1 is 1.30 bits per heavy atom. The van der Waals surface area contributed by atoms with Gasteiger partial charge in [-0.25, -0.2) is 4.98 Å². The van der Waals surface area contributed by atoms with Crippen LogP contribution in [0, 0.1) is 0 Å². The van der Waals surface area contributed by atoms with Crippen molar-refractivity contribution in [2.75, 3.05) is 31.9 Å². The van der Waals surface area contributed by atoms with E-state index in [9.17, 15) is 9.59 Å². The van der Waals surface area contributed by atoms with E-state index < -0.39 is 0 Å². The number of thiophene rings is 1. The quantitative estimate of drug-likeness (QED) is 0.667. The summed E-state index contributed by atoms with van der Waals surface area (Å²) in [5.74, 6) is 1.60. The zero-order valence-electron chi connectivity index (χ0n) is 16.1. The van der Waals surface area contributed by atoms with Gasteiger partial charge in [0.15, 0.2) is 0 Å². The number of carbonyl (C=O) groups excluding carboxylic acids is 1. The summed E-state index contributed by atoms with van der Waals surface area (Å²) in [5.41, 5.74) is 1.18. The van der Waals surface area contributed by atoms with Crippen molar-refractivity contribution in [3.63, 3.8) is 0 Å². The fourth-order valence-electron chi connectivity index (χ4n) is 3.46. The number of H-pyrrole nitrogens is 1. The minimum Gasteiger partial charge on any atom is -0.354 e. The minimum atomic E-state index is -0.0290. The van der Waals surface area contributed by atoms with E-state index in [4.69, 9.17) is 0 Å². The number of aryl methyl sites for hydroxylation is 2. The smallest absolute Gasteiger partial charge is 0.259 e. The van der Waals surface area contributed by atoms with Gasteiger partial charge in [0, 0.05) is 18.0 Å². The summed E-state index contributed by atoms with van der Waals surface area (Å²) >= 11 is 3.14. The molecule has 0 saturated heterocycles. The second kappa shape index (κ2) is 9.71. The lowest BCUT2D eigenvalue weighted by Crippen LogP contribution is -2.35. The Hall–Kier alpha value is -1.38. The van der Waals surface area contributed by atoms with Gasteiger partial charge in [-0.05, 0) is 44.3 Å². The Kier molecular flexibility index (Phi) is 7.32. The summed E-state index contributed by atoms with van der Waals surface area (Å²) in [6, 6.07) is 0. The van der Waals surface area contributed by atoms with Crippen molar-refractivity contribution in [2.45, 2.75) is 45.3 Å². The summed E-state index contributed by atoms with van der Waals surface area (Å²) in [6.07, 6.45) is 4.40. The van der Waals surface area contributed by atoms with Gasteiger partial charge in [0.1, 0.15) is 10.7 Å². The highest BCUT2D eigenvalue weighted by Crippen LogP contribution is 2.33. The summed E-state index contributed by atoms with van der Waals surface area (Å²) in [6.45, 7) is 7.77. The first-order chi connectivity index (χ1) is 13.1. The highest BCUT2D eigenvalue weighted by molar-refractivity contribution is 7.99. The maximum Gasteiger partial charge on any atom is 0.259 e. The molecule has 0 unspecified atom stereocenters. The number of likely N-dealkylation sites (N-methyl/N-ethyl adjacent to an activating group) is 1. The number of nitrogens with zero attached hydrogens (tertiary/aromatic N) is 2. The molecule has 0 spiro atoms. The largest absolute Gasteiger partial charge is 0.354 e. The number of thioether (sulfide) groups is 1. The molecule has 0 aromatic carbocycles. The van der Waals surface area contributed by atoms with Gasteiger partial charge in [-0.3, -0.25) is 9.59 Å². The number of rotatable bonds is 9. The molecule has 1 aliphatic rings. The van der Waals surface area contributed by atoms with Crippen molar-refractivity contribution in [1.29, 1.82) is 0 Å². The first kappa shape index (κ1) is 20.4. The van der Waals surface area contributed by atoms with Crippen molar-refractivity contribution >= 4 is 39.2 Å². The third kappa shape index (κ3) is 5.12. The second-order valence-electron chi connectivity index (χ2n) is 6.77. The lowest BCUT2D eigenvalue weighted by Gasteiger charge is -2.17. The molecule has 148 valence electrons. The first-order valence-electron chi connectivity index (χ1n) is 9.72. The predicted molar refractivity (Wildman–Crippen MR) is 114 cm³/mol. The van der Waals surface area contributed by atoms with Crippen molar-refractivity contribution in [3.8, 4) is 0 Å². The third-order valence-electron chi connectivity index (χ3n) is 4.99. The lowest BCUT2D eigenvalue weighted by atomic mass is 9.97. The molecule has 2 aromatic rings. The molecular formula is C19H28N4O2S2. The molecule has 0 bridgehead atoms. The van der Waals surface area contributed by atoms with Crippen molar-refractivity contribution in [1.82, 2.24) is 20.2 Å². The molecule has 2 heterocycles. The van der Waals surface area contributed by atoms with E-state index in [1.807, 2.05) is 0 Å². The van der Waals surface area contributed by atoms with E-state index in [1.165, 1.54) is 28.6 Å². The van der Waals surface area contributed by atoms with Gasteiger partial charge in [0.05, 0.1) is 16.9 Å². The number of hydrogen-bond donors (Lipinski definition) is 2. The molecule has 0 aliphatic heterocycles. The van der Waals surface area contributed by atoms with Gasteiger partial charge >= 0.3 is 0 Å². The summed E-state index contributed by atoms with van der Waals surface area (Å²) in [7, 11) is 0. The summed E-state index contributed by atoms with van der Waals surface area (Å²) in [4.78, 5) is 36.5. The van der Waals surface area contributed by atoms with Gasteiger partial charge in [-0.15, -0.1) is 23.1 Å². The van der Waals surface area contributed by atoms with Crippen LogP contribution < -0.4 is 10.9 Å². The molecule has 8 heteroatoms. The number of aromatic nitrogens is 2. The number of hydrogen-bond acceptors (Lipinski definition) is 6. The van der Waals surface area contributed by atoms with Crippen LogP contribution in [0.3, 0.4) is 0 Å². The number of amides is 1. The van der Waals surface area contributed by atoms with Gasteiger partial charge < -0.3 is 15.2 Å². The van der Waals surface area contributed by atoms with Gasteiger partial charge in [0.2, 0.25) is 5.91 Å². The van der Waals surface area contributed by atoms with Gasteiger partial charge in [-0.2, -0.15) is 0 Å². The summed E-state index contributed by atoms with van der Waals surface area (Å²) in [5, 5.41) is 3.74. The zero-order chi connectivity index (χ0) is 19.2. The van der Waals surface area contributed by atoms with Crippen LogP contribution in [0.25, 0.3) is 10.2 Å². The lowest BCUT2D eigenvalue weighted by molar-refractivity contribution is -0.118. The molecule has 3 rings (SSSR count). The topological polar surface area (TPSA) is 78.1 Å². The zero-order valence-corrected chi connectivity index (χ0v) is 17.7. The molecule has 0 fully saturated rings. The minimum absolute atomic E-state index is 0.0290. The highest BCUT2D eigenvalue weighted by atomic mass is 32.2. The number of carbonyl (C=O) groups is 1. The number of fused-ring (bicyclic) bond motifs is 3. The Bertz CT molecular complexity index is 842. The Morgan fingerprint density at radius 3 is 2.85 bits per heavy atom. The van der Waals surface area contributed by atoms with Crippen LogP contribution in [0.1, 0.15) is 43.0 Å². The molecule has 2 N–H and O–H groups in total. The van der Waals surface area contributed by atoms with E-state index in [2.05, 4.69) is 34.0 Å². The second-order valence-corrected chi connectivity index (χ2v) is 8.84. The fraction of sp³-hybridized carbons (Fsp3) is 0.632. The highest BCUT2D eigenvalue weighted by Gasteiger charge is 2.19. The number of nitrogens with one attached hydrogen (secondary N) is 2. The molecule has 1 aliphatic carbocycles. The van der Waals surface area contributed by atoms with Crippen LogP contribution in [0.2, 0.25) is 0 Å². The molecule has 2 aromatic heterocycles. The van der Waals surface area contributed by atoms with Crippen LogP contribution in [-0.2, 0) is 23.4 Å². The Labute approximate surface area is 168 Å². The summed E-state index contributed by atoms with van der Waals surface area (Å²) < 4.78 is 0. The van der Waals surface area contributed by atoms with Crippen LogP contribution in [0.15, 0.2) is 4.79 Å². The SMILES string of the molecule is CCN(CC)CCNC(=O)CSCc1nc2sc3c(c2c(=O)[nH]1)CCCC3. The van der Waals surface area contributed by atoms with E-state index in [1.54, 1.807) is 11.3 Å². The third-order valence-corrected chi connectivity index (χ3v) is 7.12. The average molecular weight is 409 g/mol.